The molecule has 6 aliphatic rings. The van der Waals surface area contributed by atoms with Crippen molar-refractivity contribution in [3.05, 3.63) is 24.3 Å². The van der Waals surface area contributed by atoms with Crippen molar-refractivity contribution in [2.75, 3.05) is 0 Å². The smallest absolute Gasteiger partial charge is 0.316 e. The minimum Gasteiger partial charge on any atom is -0.393 e. The zero-order valence-corrected chi connectivity index (χ0v) is 24.7. The molecule has 220 valence electrons. The Bertz CT molecular complexity index is 1150. The Kier molecular flexibility index (Phi) is 6.29. The maximum absolute atomic E-state index is 13.3. The Morgan fingerprint density at radius 3 is 1.20 bits per heavy atom. The van der Waals surface area contributed by atoms with E-state index in [0.717, 1.165) is 12.8 Å². The number of likely N-dealkylation sites (tertiary alicyclic amines) is 2. The van der Waals surface area contributed by atoms with Crippen LogP contribution in [0.2, 0.25) is 0 Å². The van der Waals surface area contributed by atoms with Crippen LogP contribution >= 0.6 is 0 Å². The molecule has 10 unspecified atom stereocenters. The lowest BCUT2D eigenvalue weighted by atomic mass is 9.85. The molecule has 9 heteroatoms. The van der Waals surface area contributed by atoms with E-state index in [-0.39, 0.29) is 83.8 Å². The maximum atomic E-state index is 13.3. The third kappa shape index (κ3) is 4.08. The van der Waals surface area contributed by atoms with Gasteiger partial charge < -0.3 is 4.74 Å². The first-order valence-corrected chi connectivity index (χ1v) is 15.0. The van der Waals surface area contributed by atoms with Gasteiger partial charge in [0, 0.05) is 11.1 Å². The average Bonchev–Trinajstić information content (AvgIpc) is 3.70. The second kappa shape index (κ2) is 9.20. The molecular weight excluding hydrogens is 524 g/mol. The standard InChI is InChI=1S/C32H40N2O7/c1-15(13-31(3,4)33-25(35)21-17-7-8-18(11-17)22(21)26(33)36)29(39)41-30(40)16(2)14-32(5,6)34-27(37)23-19-9-10-20(12-19)24(23)28(34)38/h7-10,15-24H,11-14H2,1-6H3. The van der Waals surface area contributed by atoms with Crippen LogP contribution in [0.3, 0.4) is 0 Å². The number of imide groups is 2. The van der Waals surface area contributed by atoms with Crippen LogP contribution in [0.1, 0.15) is 67.2 Å². The van der Waals surface area contributed by atoms with Crippen molar-refractivity contribution in [1.29, 1.82) is 0 Å². The first-order valence-electron chi connectivity index (χ1n) is 15.0. The van der Waals surface area contributed by atoms with Crippen LogP contribution in [0.25, 0.3) is 0 Å². The third-order valence-corrected chi connectivity index (χ3v) is 10.8. The molecule has 2 saturated heterocycles. The first-order chi connectivity index (χ1) is 19.1. The van der Waals surface area contributed by atoms with E-state index >= 15 is 0 Å². The van der Waals surface area contributed by atoms with Gasteiger partial charge in [-0.1, -0.05) is 38.2 Å². The van der Waals surface area contributed by atoms with Gasteiger partial charge in [0.25, 0.3) is 0 Å². The quantitative estimate of drug-likeness (QED) is 0.192. The van der Waals surface area contributed by atoms with Gasteiger partial charge in [-0.15, -0.1) is 0 Å². The summed E-state index contributed by atoms with van der Waals surface area (Å²) in [7, 11) is 0. The Balaban J connectivity index is 1.05. The fourth-order valence-electron chi connectivity index (χ4n) is 9.15. The molecule has 2 saturated carbocycles. The monoisotopic (exact) mass is 564 g/mol. The minimum absolute atomic E-state index is 0.102. The molecule has 0 spiro atoms. The topological polar surface area (TPSA) is 118 Å². The lowest BCUT2D eigenvalue weighted by Gasteiger charge is -2.37. The Morgan fingerprint density at radius 2 is 0.927 bits per heavy atom. The van der Waals surface area contributed by atoms with E-state index in [1.165, 1.54) is 9.80 Å². The van der Waals surface area contributed by atoms with Crippen LogP contribution in [-0.4, -0.2) is 56.4 Å². The summed E-state index contributed by atoms with van der Waals surface area (Å²) in [5, 5.41) is 0. The number of carbonyl (C=O) groups is 6. The number of esters is 2. The zero-order valence-electron chi connectivity index (χ0n) is 24.7. The van der Waals surface area contributed by atoms with E-state index in [1.807, 2.05) is 24.3 Å². The summed E-state index contributed by atoms with van der Waals surface area (Å²) < 4.78 is 5.26. The summed E-state index contributed by atoms with van der Waals surface area (Å²) in [6.45, 7) is 10.4. The predicted molar refractivity (Wildman–Crippen MR) is 146 cm³/mol. The molecule has 2 heterocycles. The molecule has 0 aromatic rings. The molecular formula is C32H40N2O7. The number of fused-ring (bicyclic) bond motifs is 10. The summed E-state index contributed by atoms with van der Waals surface area (Å²) >= 11 is 0. The molecule has 4 amide bonds. The molecule has 4 bridgehead atoms. The maximum Gasteiger partial charge on any atom is 0.316 e. The van der Waals surface area contributed by atoms with Gasteiger partial charge in [-0.05, 0) is 77.0 Å². The van der Waals surface area contributed by atoms with Crippen molar-refractivity contribution in [3.63, 3.8) is 0 Å². The minimum atomic E-state index is -0.921. The summed E-state index contributed by atoms with van der Waals surface area (Å²) in [5.41, 5.74) is -1.84. The van der Waals surface area contributed by atoms with Gasteiger partial charge in [0.05, 0.1) is 35.5 Å². The summed E-state index contributed by atoms with van der Waals surface area (Å²) in [6, 6.07) is 0. The Morgan fingerprint density at radius 1 is 0.659 bits per heavy atom. The van der Waals surface area contributed by atoms with Crippen LogP contribution in [-0.2, 0) is 33.5 Å². The number of carbonyl (C=O) groups excluding carboxylic acids is 6. The van der Waals surface area contributed by atoms with E-state index in [1.54, 1.807) is 41.5 Å². The lowest BCUT2D eigenvalue weighted by Crippen LogP contribution is -2.51. The SMILES string of the molecule is CC(CC(C)(C)N1C(=O)C2C3C=CC(C3)C2C1=O)C(=O)OC(=O)C(C)CC(C)(C)N1C(=O)C2C3C=CC(C3)C2C1=O. The van der Waals surface area contributed by atoms with Crippen molar-refractivity contribution >= 4 is 35.6 Å². The Labute approximate surface area is 240 Å². The summed E-state index contributed by atoms with van der Waals surface area (Å²) in [4.78, 5) is 81.8. The molecule has 2 aliphatic heterocycles. The van der Waals surface area contributed by atoms with Crippen molar-refractivity contribution in [2.45, 2.75) is 78.3 Å². The van der Waals surface area contributed by atoms with Crippen LogP contribution in [0, 0.1) is 59.2 Å². The van der Waals surface area contributed by atoms with Gasteiger partial charge in [0.2, 0.25) is 23.6 Å². The highest BCUT2D eigenvalue weighted by Gasteiger charge is 2.63. The van der Waals surface area contributed by atoms with E-state index in [2.05, 4.69) is 0 Å². The Hall–Kier alpha value is -3.10. The van der Waals surface area contributed by atoms with Gasteiger partial charge in [0.1, 0.15) is 0 Å². The normalized spacial score (nSPS) is 36.4. The lowest BCUT2D eigenvalue weighted by molar-refractivity contribution is -0.168. The molecule has 4 fully saturated rings. The summed E-state index contributed by atoms with van der Waals surface area (Å²) in [6.07, 6.45) is 10.2. The molecule has 0 aromatic heterocycles. The number of amides is 4. The van der Waals surface area contributed by atoms with Crippen LogP contribution in [0.5, 0.6) is 0 Å². The van der Waals surface area contributed by atoms with Crippen molar-refractivity contribution in [3.8, 4) is 0 Å². The molecule has 9 nitrogen and oxygen atoms in total. The number of ether oxygens (including phenoxy) is 1. The molecule has 41 heavy (non-hydrogen) atoms. The van der Waals surface area contributed by atoms with Gasteiger partial charge in [-0.2, -0.15) is 0 Å². The van der Waals surface area contributed by atoms with Crippen LogP contribution in [0.15, 0.2) is 24.3 Å². The highest BCUT2D eigenvalue weighted by molar-refractivity contribution is 6.08. The highest BCUT2D eigenvalue weighted by Crippen LogP contribution is 2.55. The molecule has 0 aromatic carbocycles. The average molecular weight is 565 g/mol. The summed E-state index contributed by atoms with van der Waals surface area (Å²) in [5.74, 6) is -4.47. The fraction of sp³-hybridized carbons (Fsp3) is 0.688. The van der Waals surface area contributed by atoms with Crippen molar-refractivity contribution in [1.82, 2.24) is 9.80 Å². The molecule has 0 N–H and O–H groups in total. The number of rotatable bonds is 8. The van der Waals surface area contributed by atoms with E-state index in [4.69, 9.17) is 4.74 Å². The third-order valence-electron chi connectivity index (χ3n) is 10.8. The van der Waals surface area contributed by atoms with Gasteiger partial charge in [0.15, 0.2) is 0 Å². The second-order valence-electron chi connectivity index (χ2n) is 14.6. The first kappa shape index (κ1) is 28.0. The number of nitrogens with zero attached hydrogens (tertiary/aromatic N) is 2. The van der Waals surface area contributed by atoms with E-state index < -0.39 is 34.9 Å². The van der Waals surface area contributed by atoms with Crippen LogP contribution < -0.4 is 0 Å². The number of hydrogen-bond acceptors (Lipinski definition) is 7. The fourth-order valence-corrected chi connectivity index (χ4v) is 9.15. The molecule has 4 aliphatic carbocycles. The van der Waals surface area contributed by atoms with Crippen molar-refractivity contribution < 1.29 is 33.5 Å². The molecule has 6 rings (SSSR count). The van der Waals surface area contributed by atoms with Gasteiger partial charge >= 0.3 is 11.9 Å². The van der Waals surface area contributed by atoms with Gasteiger partial charge in [-0.25, -0.2) is 0 Å². The molecule has 0 radical (unpaired) electrons. The largest absolute Gasteiger partial charge is 0.393 e. The molecule has 10 atom stereocenters. The second-order valence-corrected chi connectivity index (χ2v) is 14.6. The van der Waals surface area contributed by atoms with Crippen LogP contribution in [0.4, 0.5) is 0 Å². The highest BCUT2D eigenvalue weighted by atomic mass is 16.6. The van der Waals surface area contributed by atoms with Crippen molar-refractivity contribution in [2.24, 2.45) is 59.2 Å². The number of hydrogen-bond donors (Lipinski definition) is 0. The zero-order chi connectivity index (χ0) is 29.8. The van der Waals surface area contributed by atoms with E-state index in [0.29, 0.717) is 0 Å². The number of allylic oxidation sites excluding steroid dienone is 4. The van der Waals surface area contributed by atoms with E-state index in [9.17, 15) is 28.8 Å². The predicted octanol–water partition coefficient (Wildman–Crippen LogP) is 3.28. The van der Waals surface area contributed by atoms with Gasteiger partial charge in [-0.3, -0.25) is 38.6 Å².